The van der Waals surface area contributed by atoms with E-state index >= 15 is 0 Å². The first-order chi connectivity index (χ1) is 16.2. The molecular weight excluding hydrogens is 508 g/mol. The molecule has 3 rings (SSSR count). The van der Waals surface area contributed by atoms with Crippen molar-refractivity contribution < 1.29 is 29.0 Å². The molecule has 0 saturated carbocycles. The van der Waals surface area contributed by atoms with Gasteiger partial charge in [-0.05, 0) is 40.2 Å². The first kappa shape index (κ1) is 24.9. The summed E-state index contributed by atoms with van der Waals surface area (Å²) in [6, 6.07) is 14.2. The zero-order valence-electron chi connectivity index (χ0n) is 17.9. The molecule has 10 nitrogen and oxygen atoms in total. The number of benzene rings is 2. The molecule has 2 aromatic carbocycles. The molecule has 0 unspecified atom stereocenters. The van der Waals surface area contributed by atoms with E-state index in [0.29, 0.717) is 15.7 Å². The normalized spacial score (nSPS) is 19.4. The number of amides is 4. The average molecular weight is 531 g/mol. The van der Waals surface area contributed by atoms with Gasteiger partial charge in [-0.15, -0.1) is 0 Å². The summed E-state index contributed by atoms with van der Waals surface area (Å²) in [7, 11) is 0. The fraction of sp³-hybridized carbons (Fsp3) is 0.217. The molecule has 1 aliphatic carbocycles. The fourth-order valence-corrected chi connectivity index (χ4v) is 3.79. The summed E-state index contributed by atoms with van der Waals surface area (Å²) >= 11 is 3.30. The lowest BCUT2D eigenvalue weighted by atomic mass is 9.89. The van der Waals surface area contributed by atoms with Crippen molar-refractivity contribution in [3.05, 3.63) is 76.3 Å². The van der Waals surface area contributed by atoms with Crippen LogP contribution in [0.2, 0.25) is 0 Å². The maximum atomic E-state index is 12.8. The number of anilines is 1. The second kappa shape index (κ2) is 11.4. The molecule has 0 bridgehead atoms. The van der Waals surface area contributed by atoms with E-state index < -0.39 is 48.6 Å². The molecule has 0 aliphatic heterocycles. The summed E-state index contributed by atoms with van der Waals surface area (Å²) in [6.07, 6.45) is -2.13. The molecular formula is C23H23BrN4O6. The summed E-state index contributed by atoms with van der Waals surface area (Å²) < 4.78 is 5.92. The number of nitrogens with two attached hydrogens (primary N) is 1. The number of aliphatic hydroxyl groups is 1. The molecule has 34 heavy (non-hydrogen) atoms. The maximum absolute atomic E-state index is 12.8. The largest absolute Gasteiger partial charge is 0.443 e. The van der Waals surface area contributed by atoms with Gasteiger partial charge in [-0.2, -0.15) is 0 Å². The number of nitrogens with one attached hydrogen (secondary N) is 3. The topological polar surface area (TPSA) is 160 Å². The monoisotopic (exact) mass is 530 g/mol. The van der Waals surface area contributed by atoms with E-state index in [0.717, 1.165) is 0 Å². The number of carbonyl (C=O) groups is 4. The van der Waals surface area contributed by atoms with Gasteiger partial charge in [0, 0.05) is 22.2 Å². The molecule has 1 aliphatic rings. The molecule has 6 N–H and O–H groups in total. The minimum absolute atomic E-state index is 0.112. The minimum atomic E-state index is -1.35. The molecule has 3 atom stereocenters. The standard InChI is InChI=1S/C23H23BrN4O6/c24-16-9-5-4-8-15(16)22(32)28-17-10-13(21(31)26-12-19(25)29)11-18(20(17)30)34-23(33)27-14-6-2-1-3-7-14/h1-10,17-18,20,30H,11-12H2,(H2,25,29)(H,26,31)(H,27,33)(H,28,32)/t17-,18-,20-/m1/s1. The van der Waals surface area contributed by atoms with Crippen LogP contribution in [0.5, 0.6) is 0 Å². The van der Waals surface area contributed by atoms with E-state index in [1.54, 1.807) is 54.6 Å². The summed E-state index contributed by atoms with van der Waals surface area (Å²) in [5, 5.41) is 18.4. The van der Waals surface area contributed by atoms with Crippen molar-refractivity contribution in [1.82, 2.24) is 10.6 Å². The number of aliphatic hydroxyl groups excluding tert-OH is 1. The van der Waals surface area contributed by atoms with Gasteiger partial charge in [-0.25, -0.2) is 4.79 Å². The highest BCUT2D eigenvalue weighted by Gasteiger charge is 2.37. The zero-order valence-corrected chi connectivity index (χ0v) is 19.4. The third kappa shape index (κ3) is 6.65. The highest BCUT2D eigenvalue weighted by molar-refractivity contribution is 9.10. The summed E-state index contributed by atoms with van der Waals surface area (Å²) in [5.41, 5.74) is 5.98. The van der Waals surface area contributed by atoms with Crippen molar-refractivity contribution in [1.29, 1.82) is 0 Å². The third-order valence-corrected chi connectivity index (χ3v) is 5.65. The molecule has 0 radical (unpaired) electrons. The number of primary amides is 1. The number of halogens is 1. The maximum Gasteiger partial charge on any atom is 0.411 e. The predicted molar refractivity (Wildman–Crippen MR) is 127 cm³/mol. The number of hydrogen-bond donors (Lipinski definition) is 5. The van der Waals surface area contributed by atoms with Crippen LogP contribution in [0.4, 0.5) is 10.5 Å². The number of rotatable bonds is 7. The second-order valence-corrected chi connectivity index (χ2v) is 8.30. The van der Waals surface area contributed by atoms with Gasteiger partial charge in [0.25, 0.3) is 5.91 Å². The predicted octanol–water partition coefficient (Wildman–Crippen LogP) is 1.46. The van der Waals surface area contributed by atoms with Gasteiger partial charge in [0.2, 0.25) is 11.8 Å². The van der Waals surface area contributed by atoms with E-state index in [-0.39, 0.29) is 12.0 Å². The van der Waals surface area contributed by atoms with Crippen LogP contribution in [-0.2, 0) is 14.3 Å². The van der Waals surface area contributed by atoms with Gasteiger partial charge in [0.05, 0.1) is 18.2 Å². The molecule has 0 fully saturated rings. The molecule has 0 heterocycles. The van der Waals surface area contributed by atoms with E-state index in [1.165, 1.54) is 6.08 Å². The van der Waals surface area contributed by atoms with Crippen LogP contribution in [0.25, 0.3) is 0 Å². The van der Waals surface area contributed by atoms with Gasteiger partial charge in [-0.3, -0.25) is 19.7 Å². The summed E-state index contributed by atoms with van der Waals surface area (Å²) in [6.45, 7) is -0.396. The molecule has 2 aromatic rings. The SMILES string of the molecule is NC(=O)CNC(=O)C1=C[C@@H](NC(=O)c2ccccc2Br)[C@@H](O)[C@H](OC(=O)Nc2ccccc2)C1. The lowest BCUT2D eigenvalue weighted by molar-refractivity contribution is -0.123. The van der Waals surface area contributed by atoms with Gasteiger partial charge in [-0.1, -0.05) is 36.4 Å². The Hall–Kier alpha value is -3.70. The first-order valence-electron chi connectivity index (χ1n) is 10.3. The van der Waals surface area contributed by atoms with E-state index in [2.05, 4.69) is 31.9 Å². The highest BCUT2D eigenvalue weighted by atomic mass is 79.9. The van der Waals surface area contributed by atoms with Crippen LogP contribution in [0, 0.1) is 0 Å². The van der Waals surface area contributed by atoms with Gasteiger partial charge in [0.15, 0.2) is 0 Å². The quantitative estimate of drug-likeness (QED) is 0.364. The molecule has 178 valence electrons. The van der Waals surface area contributed by atoms with Gasteiger partial charge >= 0.3 is 6.09 Å². The van der Waals surface area contributed by atoms with Crippen LogP contribution in [0.1, 0.15) is 16.8 Å². The van der Waals surface area contributed by atoms with Crippen molar-refractivity contribution in [3.63, 3.8) is 0 Å². The number of para-hydroxylation sites is 1. The lowest BCUT2D eigenvalue weighted by Crippen LogP contribution is -2.52. The minimum Gasteiger partial charge on any atom is -0.443 e. The van der Waals surface area contributed by atoms with E-state index in [9.17, 15) is 24.3 Å². The smallest absolute Gasteiger partial charge is 0.411 e. The van der Waals surface area contributed by atoms with Gasteiger partial charge in [0.1, 0.15) is 12.2 Å². The Morgan fingerprint density at radius 1 is 1.03 bits per heavy atom. The highest BCUT2D eigenvalue weighted by Crippen LogP contribution is 2.24. The summed E-state index contributed by atoms with van der Waals surface area (Å²) in [4.78, 5) is 48.7. The van der Waals surface area contributed by atoms with Crippen LogP contribution in [0.3, 0.4) is 0 Å². The Morgan fingerprint density at radius 2 is 1.71 bits per heavy atom. The van der Waals surface area contributed by atoms with Crippen molar-refractivity contribution >= 4 is 45.4 Å². The molecule has 0 aromatic heterocycles. The number of hydrogen-bond acceptors (Lipinski definition) is 6. The van der Waals surface area contributed by atoms with Crippen molar-refractivity contribution in [2.75, 3.05) is 11.9 Å². The average Bonchev–Trinajstić information content (AvgIpc) is 2.80. The Labute approximate surface area is 203 Å². The van der Waals surface area contributed by atoms with Crippen molar-refractivity contribution in [2.45, 2.75) is 24.7 Å². The molecule has 4 amide bonds. The van der Waals surface area contributed by atoms with Gasteiger partial charge < -0.3 is 26.2 Å². The molecule has 0 spiro atoms. The van der Waals surface area contributed by atoms with E-state index in [1.807, 2.05) is 0 Å². The van der Waals surface area contributed by atoms with Crippen LogP contribution in [0.15, 0.2) is 70.7 Å². The lowest BCUT2D eigenvalue weighted by Gasteiger charge is -2.33. The molecule has 11 heteroatoms. The summed E-state index contributed by atoms with van der Waals surface area (Å²) in [5.74, 6) is -1.89. The Balaban J connectivity index is 1.78. The Bertz CT molecular complexity index is 1110. The zero-order chi connectivity index (χ0) is 24.7. The second-order valence-electron chi connectivity index (χ2n) is 7.45. The van der Waals surface area contributed by atoms with Crippen LogP contribution < -0.4 is 21.7 Å². The molecule has 0 saturated heterocycles. The third-order valence-electron chi connectivity index (χ3n) is 4.96. The first-order valence-corrected chi connectivity index (χ1v) is 11.1. The fourth-order valence-electron chi connectivity index (χ4n) is 3.32. The van der Waals surface area contributed by atoms with Crippen molar-refractivity contribution in [3.8, 4) is 0 Å². The number of ether oxygens (including phenoxy) is 1. The number of carbonyl (C=O) groups excluding carboxylic acids is 4. The van der Waals surface area contributed by atoms with Crippen molar-refractivity contribution in [2.24, 2.45) is 5.73 Å². The Morgan fingerprint density at radius 3 is 2.38 bits per heavy atom. The Kier molecular flexibility index (Phi) is 8.39. The van der Waals surface area contributed by atoms with E-state index in [4.69, 9.17) is 10.5 Å². The van der Waals surface area contributed by atoms with Crippen LogP contribution in [-0.4, -0.2) is 53.7 Å². The van der Waals surface area contributed by atoms with Crippen LogP contribution >= 0.6 is 15.9 Å².